The van der Waals surface area contributed by atoms with E-state index in [4.69, 9.17) is 4.74 Å². The summed E-state index contributed by atoms with van der Waals surface area (Å²) < 4.78 is 5.82. The van der Waals surface area contributed by atoms with Crippen LogP contribution < -0.4 is 4.74 Å². The van der Waals surface area contributed by atoms with Crippen LogP contribution in [0, 0.1) is 19.8 Å². The summed E-state index contributed by atoms with van der Waals surface area (Å²) in [5.74, 6) is 1.13. The van der Waals surface area contributed by atoms with Gasteiger partial charge in [0.15, 0.2) is 0 Å². The average Bonchev–Trinajstić information content (AvgIpc) is 2.77. The number of aryl methyl sites for hydroxylation is 2. The number of amides is 2. The van der Waals surface area contributed by atoms with Crippen LogP contribution in [-0.2, 0) is 4.79 Å². The summed E-state index contributed by atoms with van der Waals surface area (Å²) >= 11 is 0. The summed E-state index contributed by atoms with van der Waals surface area (Å²) in [6.45, 7) is 6.57. The molecule has 1 saturated heterocycles. The van der Waals surface area contributed by atoms with Gasteiger partial charge < -0.3 is 14.5 Å². The van der Waals surface area contributed by atoms with Crippen LogP contribution in [0.4, 0.5) is 0 Å². The van der Waals surface area contributed by atoms with Crippen LogP contribution in [0.1, 0.15) is 40.7 Å². The minimum absolute atomic E-state index is 0.00523. The quantitative estimate of drug-likeness (QED) is 0.649. The number of ether oxygens (including phenoxy) is 1. The Morgan fingerprint density at radius 2 is 1.70 bits per heavy atom. The highest BCUT2D eigenvalue weighted by Crippen LogP contribution is 2.21. The van der Waals surface area contributed by atoms with Crippen LogP contribution in [-0.4, -0.2) is 54.9 Å². The molecule has 1 aliphatic heterocycles. The van der Waals surface area contributed by atoms with Gasteiger partial charge in [0.25, 0.3) is 5.91 Å². The molecule has 1 aliphatic rings. The summed E-state index contributed by atoms with van der Waals surface area (Å²) in [4.78, 5) is 29.1. The van der Waals surface area contributed by atoms with Gasteiger partial charge in [-0.1, -0.05) is 35.9 Å². The van der Waals surface area contributed by atoms with Crippen molar-refractivity contribution >= 4 is 11.8 Å². The molecule has 160 valence electrons. The Morgan fingerprint density at radius 1 is 1.03 bits per heavy atom. The van der Waals surface area contributed by atoms with Crippen molar-refractivity contribution in [1.82, 2.24) is 9.80 Å². The lowest BCUT2D eigenvalue weighted by molar-refractivity contribution is -0.135. The SMILES string of the molecule is Cc1ccc(C(=O)N2CCC(C(=O)N(C)CCCOc3ccccc3C)CC2)cc1. The molecule has 1 heterocycles. The van der Waals surface area contributed by atoms with Crippen LogP contribution >= 0.6 is 0 Å². The minimum atomic E-state index is -0.00523. The van der Waals surface area contributed by atoms with Gasteiger partial charge in [-0.15, -0.1) is 0 Å². The molecule has 0 aromatic heterocycles. The highest BCUT2D eigenvalue weighted by Gasteiger charge is 2.29. The van der Waals surface area contributed by atoms with Crippen molar-refractivity contribution in [2.75, 3.05) is 33.3 Å². The first kappa shape index (κ1) is 21.9. The number of rotatable bonds is 7. The predicted octanol–water partition coefficient (Wildman–Crippen LogP) is 4.08. The Kier molecular flexibility index (Phi) is 7.50. The van der Waals surface area contributed by atoms with E-state index in [2.05, 4.69) is 0 Å². The second-order valence-corrected chi connectivity index (χ2v) is 8.16. The van der Waals surface area contributed by atoms with Crippen molar-refractivity contribution in [2.45, 2.75) is 33.1 Å². The number of piperidine rings is 1. The van der Waals surface area contributed by atoms with Crippen LogP contribution in [0.3, 0.4) is 0 Å². The lowest BCUT2D eigenvalue weighted by atomic mass is 9.94. The summed E-state index contributed by atoms with van der Waals surface area (Å²) in [6, 6.07) is 15.6. The number of carbonyl (C=O) groups excluding carboxylic acids is 2. The number of nitrogens with zero attached hydrogens (tertiary/aromatic N) is 2. The van der Waals surface area contributed by atoms with Crippen molar-refractivity contribution in [3.05, 3.63) is 65.2 Å². The number of hydrogen-bond acceptors (Lipinski definition) is 3. The molecule has 5 nitrogen and oxygen atoms in total. The summed E-state index contributed by atoms with van der Waals surface area (Å²) in [6.07, 6.45) is 2.24. The smallest absolute Gasteiger partial charge is 0.253 e. The molecule has 0 unspecified atom stereocenters. The van der Waals surface area contributed by atoms with E-state index in [0.29, 0.717) is 26.2 Å². The Bertz CT molecular complexity index is 855. The van der Waals surface area contributed by atoms with Crippen LogP contribution in [0.5, 0.6) is 5.75 Å². The first-order valence-electron chi connectivity index (χ1n) is 10.7. The first-order chi connectivity index (χ1) is 14.5. The van der Waals surface area contributed by atoms with E-state index in [9.17, 15) is 9.59 Å². The number of carbonyl (C=O) groups is 2. The van der Waals surface area contributed by atoms with Gasteiger partial charge >= 0.3 is 0 Å². The fourth-order valence-electron chi connectivity index (χ4n) is 3.83. The van der Waals surface area contributed by atoms with E-state index in [0.717, 1.165) is 41.7 Å². The van der Waals surface area contributed by atoms with Crippen molar-refractivity contribution in [2.24, 2.45) is 5.92 Å². The largest absolute Gasteiger partial charge is 0.493 e. The maximum Gasteiger partial charge on any atom is 0.253 e. The Hall–Kier alpha value is -2.82. The first-order valence-corrected chi connectivity index (χ1v) is 10.7. The maximum absolute atomic E-state index is 12.8. The highest BCUT2D eigenvalue weighted by atomic mass is 16.5. The molecular formula is C25H32N2O3. The summed E-state index contributed by atoms with van der Waals surface area (Å²) in [5.41, 5.74) is 2.98. The molecule has 30 heavy (non-hydrogen) atoms. The third-order valence-corrected chi connectivity index (χ3v) is 5.80. The molecule has 2 amide bonds. The van der Waals surface area contributed by atoms with Gasteiger partial charge in [-0.2, -0.15) is 0 Å². The molecular weight excluding hydrogens is 376 g/mol. The summed E-state index contributed by atoms with van der Waals surface area (Å²) in [7, 11) is 1.86. The second kappa shape index (κ2) is 10.3. The second-order valence-electron chi connectivity index (χ2n) is 8.16. The molecule has 0 atom stereocenters. The monoisotopic (exact) mass is 408 g/mol. The highest BCUT2D eigenvalue weighted by molar-refractivity contribution is 5.94. The third-order valence-electron chi connectivity index (χ3n) is 5.80. The van der Waals surface area contributed by atoms with Gasteiger partial charge in [-0.3, -0.25) is 9.59 Å². The fourth-order valence-corrected chi connectivity index (χ4v) is 3.83. The molecule has 2 aromatic rings. The zero-order valence-corrected chi connectivity index (χ0v) is 18.3. The van der Waals surface area contributed by atoms with Crippen molar-refractivity contribution in [3.8, 4) is 5.75 Å². The van der Waals surface area contributed by atoms with E-state index >= 15 is 0 Å². The molecule has 5 heteroatoms. The van der Waals surface area contributed by atoms with Crippen molar-refractivity contribution in [1.29, 1.82) is 0 Å². The zero-order valence-electron chi connectivity index (χ0n) is 18.3. The fraction of sp³-hybridized carbons (Fsp3) is 0.440. The normalized spacial score (nSPS) is 14.4. The van der Waals surface area contributed by atoms with Crippen LogP contribution in [0.15, 0.2) is 48.5 Å². The van der Waals surface area contributed by atoms with Gasteiger partial charge in [-0.25, -0.2) is 0 Å². The number of benzene rings is 2. The average molecular weight is 409 g/mol. The standard InChI is InChI=1S/C25H32N2O3/c1-19-9-11-21(12-10-19)25(29)27-16-13-22(14-17-27)24(28)26(3)15-6-18-30-23-8-5-4-7-20(23)2/h4-5,7-12,22H,6,13-18H2,1-3H3. The number of para-hydroxylation sites is 1. The number of likely N-dealkylation sites (tertiary alicyclic amines) is 1. The Balaban J connectivity index is 1.40. The van der Waals surface area contributed by atoms with Crippen LogP contribution in [0.25, 0.3) is 0 Å². The van der Waals surface area contributed by atoms with Crippen LogP contribution in [0.2, 0.25) is 0 Å². The van der Waals surface area contributed by atoms with Crippen molar-refractivity contribution < 1.29 is 14.3 Å². The predicted molar refractivity (Wildman–Crippen MR) is 119 cm³/mol. The molecule has 3 rings (SSSR count). The lowest BCUT2D eigenvalue weighted by Crippen LogP contribution is -2.43. The molecule has 0 radical (unpaired) electrons. The Morgan fingerprint density at radius 3 is 2.37 bits per heavy atom. The molecule has 1 fully saturated rings. The molecule has 0 bridgehead atoms. The molecule has 0 spiro atoms. The van der Waals surface area contributed by atoms with Crippen molar-refractivity contribution in [3.63, 3.8) is 0 Å². The van der Waals surface area contributed by atoms with E-state index in [-0.39, 0.29) is 17.7 Å². The van der Waals surface area contributed by atoms with Gasteiger partial charge in [0.2, 0.25) is 5.91 Å². The third kappa shape index (κ3) is 5.62. The Labute approximate surface area is 179 Å². The van der Waals surface area contributed by atoms with Gasteiger partial charge in [0, 0.05) is 38.2 Å². The van der Waals surface area contributed by atoms with Gasteiger partial charge in [0.1, 0.15) is 5.75 Å². The van der Waals surface area contributed by atoms with E-state index in [1.54, 1.807) is 0 Å². The van der Waals surface area contributed by atoms with Gasteiger partial charge in [-0.05, 0) is 56.9 Å². The minimum Gasteiger partial charge on any atom is -0.493 e. The maximum atomic E-state index is 12.8. The lowest BCUT2D eigenvalue weighted by Gasteiger charge is -2.33. The molecule has 2 aromatic carbocycles. The van der Waals surface area contributed by atoms with E-state index in [1.165, 1.54) is 0 Å². The number of hydrogen-bond donors (Lipinski definition) is 0. The molecule has 0 aliphatic carbocycles. The summed E-state index contributed by atoms with van der Waals surface area (Å²) in [5, 5.41) is 0. The van der Waals surface area contributed by atoms with Gasteiger partial charge in [0.05, 0.1) is 6.61 Å². The topological polar surface area (TPSA) is 49.9 Å². The van der Waals surface area contributed by atoms with E-state index in [1.807, 2.05) is 79.2 Å². The zero-order chi connectivity index (χ0) is 21.5. The molecule has 0 saturated carbocycles. The van der Waals surface area contributed by atoms with E-state index < -0.39 is 0 Å². The molecule has 0 N–H and O–H groups in total.